The van der Waals surface area contributed by atoms with E-state index in [2.05, 4.69) is 32.2 Å². The molecule has 1 fully saturated rings. The summed E-state index contributed by atoms with van der Waals surface area (Å²) >= 11 is 5.91. The lowest BCUT2D eigenvalue weighted by molar-refractivity contribution is 0.320. The van der Waals surface area contributed by atoms with Crippen molar-refractivity contribution < 1.29 is 4.42 Å². The molecule has 0 bridgehead atoms. The molecule has 0 aliphatic carbocycles. The number of hydrogen-bond acceptors (Lipinski definition) is 5. The van der Waals surface area contributed by atoms with Crippen molar-refractivity contribution in [3.8, 4) is 11.5 Å². The van der Waals surface area contributed by atoms with E-state index < -0.39 is 0 Å². The molecule has 3 aromatic rings. The zero-order valence-corrected chi connectivity index (χ0v) is 13.9. The van der Waals surface area contributed by atoms with Gasteiger partial charge in [0.05, 0.1) is 5.92 Å². The van der Waals surface area contributed by atoms with Gasteiger partial charge in [-0.15, -0.1) is 10.2 Å². The number of aromatic nitrogens is 3. The third kappa shape index (κ3) is 3.32. The maximum Gasteiger partial charge on any atom is 0.247 e. The molecule has 1 aromatic carbocycles. The molecule has 1 aliphatic heterocycles. The molecule has 122 valence electrons. The standard InChI is InChI=1S/C18H17ClN4O/c19-16-3-1-14(2-4-16)17-21-22-18(24-17)15-7-10-23(12-15)11-13-5-8-20-9-6-13/h1-6,8-9,15H,7,10-12H2/t15-/m0/s1. The van der Waals surface area contributed by atoms with Gasteiger partial charge in [-0.1, -0.05) is 11.6 Å². The fraction of sp³-hybridized carbons (Fsp3) is 0.278. The highest BCUT2D eigenvalue weighted by atomic mass is 35.5. The van der Waals surface area contributed by atoms with Gasteiger partial charge in [-0.3, -0.25) is 9.88 Å². The molecule has 3 heterocycles. The number of benzene rings is 1. The van der Waals surface area contributed by atoms with Crippen LogP contribution in [-0.2, 0) is 6.54 Å². The molecule has 1 saturated heterocycles. The summed E-state index contributed by atoms with van der Waals surface area (Å²) < 4.78 is 5.89. The Morgan fingerprint density at radius 2 is 1.88 bits per heavy atom. The largest absolute Gasteiger partial charge is 0.420 e. The normalized spacial score (nSPS) is 18.1. The number of pyridine rings is 1. The minimum atomic E-state index is 0.292. The third-order valence-corrected chi connectivity index (χ3v) is 4.56. The Labute approximate surface area is 145 Å². The Hall–Kier alpha value is -2.24. The van der Waals surface area contributed by atoms with Gasteiger partial charge in [0.15, 0.2) is 0 Å². The zero-order valence-electron chi connectivity index (χ0n) is 13.1. The zero-order chi connectivity index (χ0) is 16.4. The van der Waals surface area contributed by atoms with Crippen molar-refractivity contribution in [2.75, 3.05) is 13.1 Å². The lowest BCUT2D eigenvalue weighted by Crippen LogP contribution is -2.19. The first-order chi connectivity index (χ1) is 11.8. The molecule has 0 saturated carbocycles. The minimum Gasteiger partial charge on any atom is -0.420 e. The Kier molecular flexibility index (Phi) is 4.28. The molecule has 4 rings (SSSR count). The van der Waals surface area contributed by atoms with Gasteiger partial charge in [-0.2, -0.15) is 0 Å². The van der Waals surface area contributed by atoms with Crippen LogP contribution < -0.4 is 0 Å². The molecule has 1 aliphatic rings. The number of hydrogen-bond donors (Lipinski definition) is 0. The van der Waals surface area contributed by atoms with Crippen LogP contribution in [0.1, 0.15) is 23.8 Å². The van der Waals surface area contributed by atoms with Crippen LogP contribution in [0, 0.1) is 0 Å². The summed E-state index contributed by atoms with van der Waals surface area (Å²) in [5, 5.41) is 9.13. The van der Waals surface area contributed by atoms with Crippen molar-refractivity contribution in [1.82, 2.24) is 20.1 Å². The van der Waals surface area contributed by atoms with Crippen LogP contribution in [0.2, 0.25) is 5.02 Å². The van der Waals surface area contributed by atoms with E-state index in [0.717, 1.165) is 37.5 Å². The van der Waals surface area contributed by atoms with E-state index in [1.807, 2.05) is 36.7 Å². The SMILES string of the molecule is Clc1ccc(-c2nnc([C@H]3CCN(Cc4ccncc4)C3)o2)cc1. The summed E-state index contributed by atoms with van der Waals surface area (Å²) in [6.07, 6.45) is 4.70. The van der Waals surface area contributed by atoms with E-state index in [1.54, 1.807) is 0 Å². The van der Waals surface area contributed by atoms with Crippen molar-refractivity contribution in [3.63, 3.8) is 0 Å². The van der Waals surface area contributed by atoms with Gasteiger partial charge in [-0.25, -0.2) is 0 Å². The van der Waals surface area contributed by atoms with Crippen LogP contribution >= 0.6 is 11.6 Å². The second-order valence-corrected chi connectivity index (χ2v) is 6.46. The van der Waals surface area contributed by atoms with Crippen LogP contribution in [0.3, 0.4) is 0 Å². The van der Waals surface area contributed by atoms with E-state index in [9.17, 15) is 0 Å². The number of nitrogens with zero attached hydrogens (tertiary/aromatic N) is 4. The topological polar surface area (TPSA) is 55.1 Å². The fourth-order valence-electron chi connectivity index (χ4n) is 3.03. The Morgan fingerprint density at radius 1 is 1.08 bits per heavy atom. The lowest BCUT2D eigenvalue weighted by atomic mass is 10.1. The lowest BCUT2D eigenvalue weighted by Gasteiger charge is -2.14. The molecule has 24 heavy (non-hydrogen) atoms. The quantitative estimate of drug-likeness (QED) is 0.723. The second-order valence-electron chi connectivity index (χ2n) is 6.03. The fourth-order valence-corrected chi connectivity index (χ4v) is 3.16. The molecule has 0 N–H and O–H groups in total. The summed E-state index contributed by atoms with van der Waals surface area (Å²) in [5.74, 6) is 1.56. The molecule has 6 heteroatoms. The molecule has 2 aromatic heterocycles. The molecule has 0 unspecified atom stereocenters. The highest BCUT2D eigenvalue weighted by molar-refractivity contribution is 6.30. The van der Waals surface area contributed by atoms with E-state index in [4.69, 9.17) is 16.0 Å². The van der Waals surface area contributed by atoms with Gasteiger partial charge in [-0.05, 0) is 54.9 Å². The summed E-state index contributed by atoms with van der Waals surface area (Å²) in [6.45, 7) is 2.90. The number of rotatable bonds is 4. The summed E-state index contributed by atoms with van der Waals surface area (Å²) in [6, 6.07) is 11.5. The van der Waals surface area contributed by atoms with Crippen molar-refractivity contribution >= 4 is 11.6 Å². The van der Waals surface area contributed by atoms with Gasteiger partial charge in [0, 0.05) is 36.1 Å². The van der Waals surface area contributed by atoms with Crippen LogP contribution in [0.5, 0.6) is 0 Å². The molecular weight excluding hydrogens is 324 g/mol. The highest BCUT2D eigenvalue weighted by Gasteiger charge is 2.28. The van der Waals surface area contributed by atoms with Gasteiger partial charge in [0.2, 0.25) is 11.8 Å². The maximum absolute atomic E-state index is 5.91. The highest BCUT2D eigenvalue weighted by Crippen LogP contribution is 2.29. The van der Waals surface area contributed by atoms with E-state index in [0.29, 0.717) is 16.8 Å². The molecule has 1 atom stereocenters. The Balaban J connectivity index is 1.43. The predicted molar refractivity (Wildman–Crippen MR) is 91.6 cm³/mol. The number of halogens is 1. The van der Waals surface area contributed by atoms with Crippen LogP contribution in [0.25, 0.3) is 11.5 Å². The summed E-state index contributed by atoms with van der Waals surface area (Å²) in [4.78, 5) is 6.47. The van der Waals surface area contributed by atoms with Crippen molar-refractivity contribution in [1.29, 1.82) is 0 Å². The molecule has 0 spiro atoms. The second kappa shape index (κ2) is 6.71. The van der Waals surface area contributed by atoms with E-state index in [-0.39, 0.29) is 0 Å². The number of likely N-dealkylation sites (tertiary alicyclic amines) is 1. The smallest absolute Gasteiger partial charge is 0.247 e. The maximum atomic E-state index is 5.91. The summed E-state index contributed by atoms with van der Waals surface area (Å²) in [5.41, 5.74) is 2.17. The average molecular weight is 341 g/mol. The van der Waals surface area contributed by atoms with Gasteiger partial charge < -0.3 is 4.42 Å². The minimum absolute atomic E-state index is 0.292. The van der Waals surface area contributed by atoms with Crippen molar-refractivity contribution in [2.45, 2.75) is 18.9 Å². The molecular formula is C18H17ClN4O. The van der Waals surface area contributed by atoms with Gasteiger partial charge >= 0.3 is 0 Å². The van der Waals surface area contributed by atoms with Crippen molar-refractivity contribution in [2.24, 2.45) is 0 Å². The molecule has 0 radical (unpaired) electrons. The molecule has 5 nitrogen and oxygen atoms in total. The average Bonchev–Trinajstić information content (AvgIpc) is 3.26. The first kappa shape index (κ1) is 15.3. The monoisotopic (exact) mass is 340 g/mol. The van der Waals surface area contributed by atoms with E-state index in [1.165, 1.54) is 5.56 Å². The van der Waals surface area contributed by atoms with Crippen LogP contribution in [-0.4, -0.2) is 33.2 Å². The predicted octanol–water partition coefficient (Wildman–Crippen LogP) is 3.77. The van der Waals surface area contributed by atoms with Gasteiger partial charge in [0.1, 0.15) is 0 Å². The van der Waals surface area contributed by atoms with Crippen molar-refractivity contribution in [3.05, 3.63) is 65.3 Å². The van der Waals surface area contributed by atoms with E-state index >= 15 is 0 Å². The molecule has 0 amide bonds. The third-order valence-electron chi connectivity index (χ3n) is 4.31. The first-order valence-electron chi connectivity index (χ1n) is 7.98. The van der Waals surface area contributed by atoms with Crippen LogP contribution in [0.4, 0.5) is 0 Å². The Morgan fingerprint density at radius 3 is 2.67 bits per heavy atom. The summed E-state index contributed by atoms with van der Waals surface area (Å²) in [7, 11) is 0. The Bertz CT molecular complexity index is 803. The first-order valence-corrected chi connectivity index (χ1v) is 8.36. The van der Waals surface area contributed by atoms with Gasteiger partial charge in [0.25, 0.3) is 0 Å². The van der Waals surface area contributed by atoms with Crippen LogP contribution in [0.15, 0.2) is 53.2 Å².